The number of hydrogen-bond acceptors (Lipinski definition) is 1. The fourth-order valence-electron chi connectivity index (χ4n) is 1.49. The summed E-state index contributed by atoms with van der Waals surface area (Å²) in [5, 5.41) is 0. The molecule has 0 bridgehead atoms. The molecule has 1 aromatic heterocycles. The van der Waals surface area contributed by atoms with Crippen LogP contribution < -0.4 is 0 Å². The van der Waals surface area contributed by atoms with Gasteiger partial charge in [-0.3, -0.25) is 0 Å². The van der Waals surface area contributed by atoms with Crippen LogP contribution in [0.4, 0.5) is 17.6 Å². The van der Waals surface area contributed by atoms with Crippen LogP contribution in [0.15, 0.2) is 6.20 Å². The van der Waals surface area contributed by atoms with Gasteiger partial charge in [-0.15, -0.1) is 0 Å². The first-order valence-corrected chi connectivity index (χ1v) is 5.47. The quantitative estimate of drug-likeness (QED) is 0.659. The first-order valence-electron chi connectivity index (χ1n) is 5.47. The van der Waals surface area contributed by atoms with Crippen LogP contribution in [0.2, 0.25) is 0 Å². The van der Waals surface area contributed by atoms with E-state index in [-0.39, 0.29) is 11.5 Å². The number of nitrogens with zero attached hydrogens (tertiary/aromatic N) is 1. The predicted octanol–water partition coefficient (Wildman–Crippen LogP) is 4.70. The van der Waals surface area contributed by atoms with Gasteiger partial charge in [-0.25, -0.2) is 9.37 Å². The summed E-state index contributed by atoms with van der Waals surface area (Å²) in [6.45, 7) is 8.84. The van der Waals surface area contributed by atoms with Crippen molar-refractivity contribution < 1.29 is 17.6 Å². The van der Waals surface area contributed by atoms with Crippen LogP contribution in [0, 0.1) is 12.7 Å². The maximum atomic E-state index is 13.5. The highest BCUT2D eigenvalue weighted by Gasteiger charge is 2.37. The Morgan fingerprint density at radius 1 is 1.18 bits per heavy atom. The Morgan fingerprint density at radius 3 is 2.00 bits per heavy atom. The third-order valence-electron chi connectivity index (χ3n) is 2.10. The lowest BCUT2D eigenvalue weighted by atomic mass is 9.98. The minimum Gasteiger partial charge on any atom is -0.249 e. The SMILES string of the molecule is CC.Cc1cnc(C(F)(F)F)c(F)c1C(C)C. The molecule has 17 heavy (non-hydrogen) atoms. The van der Waals surface area contributed by atoms with E-state index in [1.54, 1.807) is 20.8 Å². The molecule has 0 saturated carbocycles. The van der Waals surface area contributed by atoms with Crippen LogP contribution in [0.3, 0.4) is 0 Å². The molecule has 0 spiro atoms. The average Bonchev–Trinajstić information content (AvgIpc) is 2.18. The molecule has 0 aliphatic carbocycles. The molecule has 0 fully saturated rings. The second-order valence-corrected chi connectivity index (χ2v) is 3.67. The van der Waals surface area contributed by atoms with Crippen LogP contribution in [-0.4, -0.2) is 4.98 Å². The number of hydrogen-bond donors (Lipinski definition) is 0. The third-order valence-corrected chi connectivity index (χ3v) is 2.10. The zero-order valence-corrected chi connectivity index (χ0v) is 10.6. The summed E-state index contributed by atoms with van der Waals surface area (Å²) < 4.78 is 50.5. The lowest BCUT2D eigenvalue weighted by molar-refractivity contribution is -0.143. The molecule has 5 heteroatoms. The molecule has 0 atom stereocenters. The maximum Gasteiger partial charge on any atom is 0.436 e. The van der Waals surface area contributed by atoms with Gasteiger partial charge in [0, 0.05) is 6.20 Å². The second kappa shape index (κ2) is 5.98. The molecule has 0 aromatic carbocycles. The van der Waals surface area contributed by atoms with Crippen LogP contribution >= 0.6 is 0 Å². The van der Waals surface area contributed by atoms with E-state index < -0.39 is 17.7 Å². The number of aromatic nitrogens is 1. The topological polar surface area (TPSA) is 12.9 Å². The summed E-state index contributed by atoms with van der Waals surface area (Å²) in [6, 6.07) is 0. The van der Waals surface area contributed by atoms with Crippen LogP contribution in [-0.2, 0) is 6.18 Å². The molecule has 1 aromatic rings. The first kappa shape index (κ1) is 15.9. The number of aryl methyl sites for hydroxylation is 1. The van der Waals surface area contributed by atoms with Crippen molar-refractivity contribution in [1.82, 2.24) is 4.98 Å². The Hall–Kier alpha value is -1.13. The van der Waals surface area contributed by atoms with Crippen molar-refractivity contribution in [3.8, 4) is 0 Å². The summed E-state index contributed by atoms with van der Waals surface area (Å²) in [5.41, 5.74) is -0.912. The van der Waals surface area contributed by atoms with Gasteiger partial charge in [0.05, 0.1) is 0 Å². The summed E-state index contributed by atoms with van der Waals surface area (Å²) in [5.74, 6) is -1.55. The molecule has 1 heterocycles. The van der Waals surface area contributed by atoms with Gasteiger partial charge in [0.25, 0.3) is 0 Å². The summed E-state index contributed by atoms with van der Waals surface area (Å²) in [4.78, 5) is 3.09. The van der Waals surface area contributed by atoms with Gasteiger partial charge in [0.2, 0.25) is 0 Å². The van der Waals surface area contributed by atoms with Gasteiger partial charge in [0.1, 0.15) is 0 Å². The molecule has 0 N–H and O–H groups in total. The largest absolute Gasteiger partial charge is 0.436 e. The summed E-state index contributed by atoms with van der Waals surface area (Å²) in [7, 11) is 0. The molecule has 0 unspecified atom stereocenters. The fourth-order valence-corrected chi connectivity index (χ4v) is 1.49. The molecule has 0 amide bonds. The van der Waals surface area contributed by atoms with Crippen molar-refractivity contribution in [2.75, 3.05) is 0 Å². The lowest BCUT2D eigenvalue weighted by Crippen LogP contribution is -2.14. The van der Waals surface area contributed by atoms with Gasteiger partial charge in [0.15, 0.2) is 11.5 Å². The lowest BCUT2D eigenvalue weighted by Gasteiger charge is -2.14. The van der Waals surface area contributed by atoms with Gasteiger partial charge in [-0.1, -0.05) is 27.7 Å². The van der Waals surface area contributed by atoms with Crippen LogP contribution in [0.25, 0.3) is 0 Å². The maximum absolute atomic E-state index is 13.5. The van der Waals surface area contributed by atoms with E-state index >= 15 is 0 Å². The minimum absolute atomic E-state index is 0.0809. The molecule has 0 aliphatic rings. The zero-order chi connectivity index (χ0) is 13.8. The van der Waals surface area contributed by atoms with E-state index in [0.717, 1.165) is 6.20 Å². The molecule has 98 valence electrons. The normalized spacial score (nSPS) is 11.2. The van der Waals surface area contributed by atoms with E-state index in [2.05, 4.69) is 4.98 Å². The number of rotatable bonds is 1. The van der Waals surface area contributed by atoms with Gasteiger partial charge < -0.3 is 0 Å². The fraction of sp³-hybridized carbons (Fsp3) is 0.583. The van der Waals surface area contributed by atoms with E-state index in [1.165, 1.54) is 0 Å². The van der Waals surface area contributed by atoms with Crippen molar-refractivity contribution in [2.45, 2.75) is 46.7 Å². The van der Waals surface area contributed by atoms with Gasteiger partial charge in [-0.05, 0) is 24.0 Å². The Kier molecular flexibility index (Phi) is 5.58. The standard InChI is InChI=1S/C10H11F4N.C2H6/c1-5(2)7-6(3)4-15-9(8(7)11)10(12,13)14;1-2/h4-5H,1-3H3;1-2H3. The highest BCUT2D eigenvalue weighted by atomic mass is 19.4. The average molecular weight is 251 g/mol. The molecular formula is C12H17F4N. The van der Waals surface area contributed by atoms with E-state index in [0.29, 0.717) is 5.56 Å². The number of alkyl halides is 3. The molecule has 0 radical (unpaired) electrons. The Labute approximate surface area is 98.9 Å². The van der Waals surface area contributed by atoms with Gasteiger partial charge >= 0.3 is 6.18 Å². The molecule has 1 nitrogen and oxygen atoms in total. The van der Waals surface area contributed by atoms with E-state index in [9.17, 15) is 17.6 Å². The Morgan fingerprint density at radius 2 is 1.65 bits per heavy atom. The van der Waals surface area contributed by atoms with Crippen molar-refractivity contribution in [2.24, 2.45) is 0 Å². The Bertz CT molecular complexity index is 370. The van der Waals surface area contributed by atoms with Crippen molar-refractivity contribution >= 4 is 0 Å². The Balaban J connectivity index is 0.00000121. The molecule has 0 saturated heterocycles. The highest BCUT2D eigenvalue weighted by Crippen LogP contribution is 2.33. The van der Waals surface area contributed by atoms with Crippen LogP contribution in [0.5, 0.6) is 0 Å². The molecule has 0 aliphatic heterocycles. The summed E-state index contributed by atoms with van der Waals surface area (Å²) in [6.07, 6.45) is -3.68. The van der Waals surface area contributed by atoms with E-state index in [4.69, 9.17) is 0 Å². The second-order valence-electron chi connectivity index (χ2n) is 3.67. The van der Waals surface area contributed by atoms with Crippen LogP contribution in [0.1, 0.15) is 50.4 Å². The minimum atomic E-state index is -4.73. The van der Waals surface area contributed by atoms with Crippen molar-refractivity contribution in [3.63, 3.8) is 0 Å². The third kappa shape index (κ3) is 3.68. The number of halogens is 4. The smallest absolute Gasteiger partial charge is 0.249 e. The monoisotopic (exact) mass is 251 g/mol. The number of pyridine rings is 1. The van der Waals surface area contributed by atoms with Crippen molar-refractivity contribution in [1.29, 1.82) is 0 Å². The van der Waals surface area contributed by atoms with Crippen molar-refractivity contribution in [3.05, 3.63) is 28.8 Å². The summed E-state index contributed by atoms with van der Waals surface area (Å²) >= 11 is 0. The zero-order valence-electron chi connectivity index (χ0n) is 10.6. The highest BCUT2D eigenvalue weighted by molar-refractivity contribution is 5.31. The van der Waals surface area contributed by atoms with E-state index in [1.807, 2.05) is 13.8 Å². The molecule has 1 rings (SSSR count). The van der Waals surface area contributed by atoms with Gasteiger partial charge in [-0.2, -0.15) is 13.2 Å². The molecular weight excluding hydrogens is 234 g/mol. The first-order chi connectivity index (χ1) is 7.75. The predicted molar refractivity (Wildman–Crippen MR) is 59.4 cm³/mol.